The minimum absolute atomic E-state index is 0.0750. The molecule has 0 aromatic carbocycles. The van der Waals surface area contributed by atoms with Crippen LogP contribution in [-0.2, 0) is 14.4 Å². The quantitative estimate of drug-likeness (QED) is 0.353. The molecule has 1 saturated heterocycles. The molecule has 0 radical (unpaired) electrons. The van der Waals surface area contributed by atoms with Crippen molar-refractivity contribution in [3.63, 3.8) is 0 Å². The summed E-state index contributed by atoms with van der Waals surface area (Å²) in [7, 11) is 4.05. The molecule has 8 nitrogen and oxygen atoms in total. The number of carboxylic acid groups (broad SMARTS) is 1. The van der Waals surface area contributed by atoms with Crippen LogP contribution >= 0.6 is 0 Å². The van der Waals surface area contributed by atoms with Crippen LogP contribution in [0.15, 0.2) is 0 Å². The Morgan fingerprint density at radius 2 is 1.78 bits per heavy atom. The molecule has 0 aromatic rings. The fourth-order valence-corrected chi connectivity index (χ4v) is 2.68. The van der Waals surface area contributed by atoms with E-state index in [0.717, 1.165) is 25.9 Å². The number of carboxylic acids is 1. The second kappa shape index (κ2) is 10.2. The molecule has 1 aliphatic heterocycles. The number of nitrogens with one attached hydrogen (secondary N) is 2. The zero-order chi connectivity index (χ0) is 17.2. The van der Waals surface area contributed by atoms with Gasteiger partial charge in [-0.05, 0) is 33.5 Å². The Bertz CT molecular complexity index is 414. The highest BCUT2D eigenvalue weighted by molar-refractivity contribution is 5.80. The summed E-state index contributed by atoms with van der Waals surface area (Å²) in [5.74, 6) is -1.27. The number of nitrogens with zero attached hydrogens (tertiary/aromatic N) is 2. The maximum absolute atomic E-state index is 11.9. The van der Waals surface area contributed by atoms with Gasteiger partial charge in [0.1, 0.15) is 0 Å². The molecule has 0 saturated carbocycles. The van der Waals surface area contributed by atoms with Crippen molar-refractivity contribution in [3.8, 4) is 0 Å². The molecule has 3 N–H and O–H groups in total. The molecule has 132 valence electrons. The number of likely N-dealkylation sites (tertiary alicyclic amines) is 1. The van der Waals surface area contributed by atoms with Crippen LogP contribution in [0.1, 0.15) is 25.7 Å². The lowest BCUT2D eigenvalue weighted by Gasteiger charge is -2.26. The van der Waals surface area contributed by atoms with Gasteiger partial charge in [-0.3, -0.25) is 19.3 Å². The average molecular weight is 337 g/mol. The Hall–Kier alpha value is -1.67. The largest absolute Gasteiger partial charge is 0.481 e. The van der Waals surface area contributed by atoms with Crippen LogP contribution in [-0.4, -0.2) is 85.6 Å². The van der Waals surface area contributed by atoms with Crippen LogP contribution in [0.2, 0.25) is 0 Å². The number of aliphatic carboxylic acids is 1. The molecule has 0 aromatic heterocycles. The smallest absolute Gasteiger partial charge is 0.305 e. The van der Waals surface area contributed by atoms with Crippen LogP contribution in [0.4, 0.5) is 0 Å². The van der Waals surface area contributed by atoms with E-state index in [1.807, 2.05) is 14.1 Å². The second-order valence-corrected chi connectivity index (χ2v) is 6.12. The molecule has 1 aliphatic rings. The van der Waals surface area contributed by atoms with Crippen molar-refractivity contribution in [3.05, 3.63) is 0 Å². The summed E-state index contributed by atoms with van der Waals surface area (Å²) in [4.78, 5) is 38.0. The van der Waals surface area contributed by atoms with E-state index in [2.05, 4.69) is 20.4 Å². The van der Waals surface area contributed by atoms with Gasteiger partial charge in [0.15, 0.2) is 0 Å². The Labute approximate surface area is 137 Å². The van der Waals surface area contributed by atoms with Gasteiger partial charge < -0.3 is 20.6 Å². The number of amides is 2. The van der Waals surface area contributed by atoms with Crippen molar-refractivity contribution in [1.29, 1.82) is 0 Å². The maximum atomic E-state index is 11.9. The molecular formula is C15H28N4O4. The third-order valence-electron chi connectivity index (χ3n) is 3.76. The minimum Gasteiger partial charge on any atom is -0.481 e. The normalized spacial score (nSPS) is 18.1. The first kappa shape index (κ1) is 19.4. The van der Waals surface area contributed by atoms with Crippen LogP contribution in [0.5, 0.6) is 0 Å². The van der Waals surface area contributed by atoms with Gasteiger partial charge in [-0.1, -0.05) is 0 Å². The third kappa shape index (κ3) is 8.51. The van der Waals surface area contributed by atoms with E-state index in [1.165, 1.54) is 0 Å². The van der Waals surface area contributed by atoms with E-state index in [9.17, 15) is 14.4 Å². The van der Waals surface area contributed by atoms with Crippen LogP contribution in [0.3, 0.4) is 0 Å². The molecule has 8 heteroatoms. The van der Waals surface area contributed by atoms with Crippen molar-refractivity contribution >= 4 is 17.8 Å². The van der Waals surface area contributed by atoms with Gasteiger partial charge in [0.05, 0.1) is 13.0 Å². The molecule has 0 aliphatic carbocycles. The second-order valence-electron chi connectivity index (χ2n) is 6.12. The molecule has 1 fully saturated rings. The highest BCUT2D eigenvalue weighted by Crippen LogP contribution is 2.16. The van der Waals surface area contributed by atoms with Crippen molar-refractivity contribution in [1.82, 2.24) is 20.4 Å². The summed E-state index contributed by atoms with van der Waals surface area (Å²) in [6, 6.07) is 0.412. The lowest BCUT2D eigenvalue weighted by atomic mass is 10.2. The van der Waals surface area contributed by atoms with Gasteiger partial charge in [0.2, 0.25) is 11.8 Å². The highest BCUT2D eigenvalue weighted by atomic mass is 16.5. The molecule has 2 amide bonds. The van der Waals surface area contributed by atoms with Gasteiger partial charge in [-0.25, -0.2) is 0 Å². The summed E-state index contributed by atoms with van der Waals surface area (Å²) in [6.07, 6.45) is 2.28. The maximum Gasteiger partial charge on any atom is 0.305 e. The zero-order valence-electron chi connectivity index (χ0n) is 14.0. The number of likely N-dealkylation sites (N-methyl/N-ethyl adjacent to an activating group) is 1. The van der Waals surface area contributed by atoms with Crippen molar-refractivity contribution in [2.24, 2.45) is 0 Å². The monoisotopic (exact) mass is 337 g/mol. The van der Waals surface area contributed by atoms with E-state index < -0.39 is 5.97 Å². The van der Waals surface area contributed by atoms with E-state index in [4.69, 9.17) is 5.11 Å². The summed E-state index contributed by atoms with van der Waals surface area (Å²) in [5.41, 5.74) is 0. The Kier molecular flexibility index (Phi) is 8.57. The zero-order valence-corrected chi connectivity index (χ0v) is 14.0. The molecule has 1 atom stereocenters. The lowest BCUT2D eigenvalue weighted by molar-refractivity contribution is -0.137. The third-order valence-corrected chi connectivity index (χ3v) is 3.76. The first-order chi connectivity index (χ1) is 10.9. The number of hydrogen-bond donors (Lipinski definition) is 3. The van der Waals surface area contributed by atoms with Gasteiger partial charge in [0, 0.05) is 32.1 Å². The standard InChI is InChI=1S/C15H28N4O4/c1-18(2)10-12-4-3-9-19(12)11-14(21)17-7-5-13(20)16-8-6-15(22)23/h12H,3-11H2,1-2H3,(H,16,20)(H,17,21)(H,22,23)/i1+1,2+1,6+1,8+1,11+1,14+1,15+1,18+1,19+1. The van der Waals surface area contributed by atoms with Gasteiger partial charge in [-0.2, -0.15) is 0 Å². The lowest BCUT2D eigenvalue weighted by Crippen LogP contribution is -2.44. The molecule has 0 spiro atoms. The molecule has 23 heavy (non-hydrogen) atoms. The molecule has 1 rings (SSSR count). The van der Waals surface area contributed by atoms with Crippen LogP contribution in [0, 0.1) is 0 Å². The minimum atomic E-state index is -0.948. The summed E-state index contributed by atoms with van der Waals surface area (Å²) < 4.78 is 0. The van der Waals surface area contributed by atoms with E-state index >= 15 is 0 Å². The number of rotatable bonds is 10. The number of carbonyl (C=O) groups excluding carboxylic acids is 2. The van der Waals surface area contributed by atoms with Crippen LogP contribution in [0.25, 0.3) is 0 Å². The highest BCUT2D eigenvalue weighted by Gasteiger charge is 2.26. The summed E-state index contributed by atoms with van der Waals surface area (Å²) >= 11 is 0. The van der Waals surface area contributed by atoms with Gasteiger partial charge in [-0.15, -0.1) is 0 Å². The fourth-order valence-electron chi connectivity index (χ4n) is 2.68. The SMILES string of the molecule is [13CH3][15N]([13CH3])CC1CCC[15N]1[13CH2][13C](=O)NCCC(=O)N[13CH2][13CH2][13C](=O)O. The molecule has 0 bridgehead atoms. The molecule has 1 unspecified atom stereocenters. The van der Waals surface area contributed by atoms with Crippen LogP contribution < -0.4 is 10.6 Å². The van der Waals surface area contributed by atoms with E-state index in [-0.39, 0.29) is 37.7 Å². The predicted molar refractivity (Wildman–Crippen MR) is 86.0 cm³/mol. The number of carbonyl (C=O) groups is 3. The van der Waals surface area contributed by atoms with Gasteiger partial charge in [0.25, 0.3) is 0 Å². The predicted octanol–water partition coefficient (Wildman–Crippen LogP) is -0.890. The number of hydrogen-bond acceptors (Lipinski definition) is 5. The molecular weight excluding hydrogens is 309 g/mol. The van der Waals surface area contributed by atoms with Crippen molar-refractivity contribution in [2.75, 3.05) is 46.8 Å². The van der Waals surface area contributed by atoms with Crippen molar-refractivity contribution in [2.45, 2.75) is 31.7 Å². The summed E-state index contributed by atoms with van der Waals surface area (Å²) in [6.45, 7) is 2.62. The Morgan fingerprint density at radius 3 is 2.43 bits per heavy atom. The Morgan fingerprint density at radius 1 is 1.13 bits per heavy atom. The van der Waals surface area contributed by atoms with E-state index in [0.29, 0.717) is 12.6 Å². The van der Waals surface area contributed by atoms with E-state index in [1.54, 1.807) is 0 Å². The average Bonchev–Trinajstić information content (AvgIpc) is 2.84. The fraction of sp³-hybridized carbons (Fsp3) is 0.800. The van der Waals surface area contributed by atoms with Crippen molar-refractivity contribution < 1.29 is 19.5 Å². The first-order valence-corrected chi connectivity index (χ1v) is 8.02. The van der Waals surface area contributed by atoms with Gasteiger partial charge >= 0.3 is 5.97 Å². The summed E-state index contributed by atoms with van der Waals surface area (Å²) in [5, 5.41) is 13.7. The molecule has 1 heterocycles. The Balaban J connectivity index is 2.16. The topological polar surface area (TPSA) is 102 Å². The first-order valence-electron chi connectivity index (χ1n) is 8.02.